The minimum Gasteiger partial charge on any atom is -0.394 e. The van der Waals surface area contributed by atoms with Gasteiger partial charge < -0.3 is 144 Å². The van der Waals surface area contributed by atoms with Gasteiger partial charge >= 0.3 is 0 Å². The van der Waals surface area contributed by atoms with Gasteiger partial charge in [0.15, 0.2) is 37.7 Å². The van der Waals surface area contributed by atoms with E-state index in [2.05, 4.69) is 10.6 Å². The minimum absolute atomic E-state index is 0.772. The average Bonchev–Trinajstić information content (AvgIpc) is 3.32. The third-order valence-corrected chi connectivity index (χ3v) is 13.1. The summed E-state index contributed by atoms with van der Waals surface area (Å²) in [5.41, 5.74) is 0. The maximum atomic E-state index is 12.8. The summed E-state index contributed by atoms with van der Waals surface area (Å²) >= 11 is 0. The molecule has 0 aromatic rings. The average molecular weight is 1040 g/mol. The van der Waals surface area contributed by atoms with Crippen molar-refractivity contribution in [2.45, 2.75) is 212 Å². The molecule has 0 unspecified atom stereocenters. The number of ether oxygens (including phenoxy) is 11. The highest BCUT2D eigenvalue weighted by Crippen LogP contribution is 2.36. The molecule has 6 aliphatic heterocycles. The van der Waals surface area contributed by atoms with Gasteiger partial charge in [0.05, 0.1) is 38.6 Å². The summed E-state index contributed by atoms with van der Waals surface area (Å²) < 4.78 is 63.8. The molecule has 0 bridgehead atoms. The van der Waals surface area contributed by atoms with E-state index in [1.54, 1.807) is 0 Å². The summed E-state index contributed by atoms with van der Waals surface area (Å²) in [6.45, 7) is 1.36. The molecule has 6 heterocycles. The maximum Gasteiger partial charge on any atom is 0.217 e. The largest absolute Gasteiger partial charge is 0.394 e. The molecule has 6 saturated heterocycles. The lowest BCUT2D eigenvalue weighted by molar-refractivity contribution is -0.378. The van der Waals surface area contributed by atoms with Crippen molar-refractivity contribution in [1.82, 2.24) is 10.6 Å². The highest BCUT2D eigenvalue weighted by atomic mass is 16.8. The Morgan fingerprint density at radius 3 is 1.32 bits per heavy atom. The minimum atomic E-state index is -2.11. The van der Waals surface area contributed by atoms with Crippen LogP contribution in [0.4, 0.5) is 0 Å². The van der Waals surface area contributed by atoms with E-state index < -0.39 is 222 Å². The van der Waals surface area contributed by atoms with Gasteiger partial charge in [-0.1, -0.05) is 0 Å². The number of hydrogen-bond donors (Lipinski definition) is 18. The molecular weight excluding hydrogens is 972 g/mol. The van der Waals surface area contributed by atoms with Crippen LogP contribution in [-0.2, 0) is 61.7 Å². The molecule has 18 N–H and O–H groups in total. The fraction of sp³-hybridized carbons (Fsp3) is 0.950. The van der Waals surface area contributed by atoms with E-state index in [9.17, 15) is 91.3 Å². The zero-order valence-corrected chi connectivity index (χ0v) is 38.6. The van der Waals surface area contributed by atoms with Crippen molar-refractivity contribution in [1.29, 1.82) is 0 Å². The Bertz CT molecular complexity index is 1710. The van der Waals surface area contributed by atoms with Crippen molar-refractivity contribution < 1.29 is 143 Å². The van der Waals surface area contributed by atoms with Crippen LogP contribution in [0.15, 0.2) is 0 Å². The Morgan fingerprint density at radius 1 is 0.394 bits per heavy atom. The highest BCUT2D eigenvalue weighted by molar-refractivity contribution is 5.73. The van der Waals surface area contributed by atoms with Crippen molar-refractivity contribution >= 4 is 11.8 Å². The van der Waals surface area contributed by atoms with Gasteiger partial charge in [0.25, 0.3) is 0 Å². The van der Waals surface area contributed by atoms with E-state index >= 15 is 0 Å². The van der Waals surface area contributed by atoms with E-state index in [0.717, 1.165) is 13.8 Å². The van der Waals surface area contributed by atoms with E-state index in [4.69, 9.17) is 52.1 Å². The summed E-state index contributed by atoms with van der Waals surface area (Å²) in [5.74, 6) is -1.63. The first-order valence-corrected chi connectivity index (χ1v) is 22.8. The van der Waals surface area contributed by atoms with E-state index in [1.807, 2.05) is 0 Å². The second-order valence-corrected chi connectivity index (χ2v) is 18.3. The molecule has 0 saturated carbocycles. The molecule has 6 rings (SSSR count). The standard InChI is InChI=1S/C40H68N2O29/c1-9-19(47)24(52)28(56)37(63-9)62-8-16-33(34(18(35(60)65-16)42-12(4)46)71-39-30(58)25(53)20(48)10(2)64-39)70-36-17(41-11(3)45)23(51)32(14(6-44)67-36)69-40-31(59)27(55)22(50)15(68-40)7-61-38-29(57)26(54)21(49)13(5-43)66-38/h9-10,13-40,43-44,47-60H,5-8H2,1-4H3,(H,41,45)(H,42,46)/t9-,10-,13+,14+,15+,16+,17+,18+,19+,20+,21+,22+,23+,24+,25+,26-,27-,28-,29-,30-,31-,32+,33+,34+,35+,36-,37-,38+,39-,40+/m0/s1. The molecule has 30 atom stereocenters. The third kappa shape index (κ3) is 12.8. The summed E-state index contributed by atoms with van der Waals surface area (Å²) in [4.78, 5) is 25.4. The topological polar surface area (TPSA) is 483 Å². The fourth-order valence-corrected chi connectivity index (χ4v) is 9.00. The monoisotopic (exact) mass is 1040 g/mol. The molecule has 0 radical (unpaired) electrons. The molecule has 71 heavy (non-hydrogen) atoms. The highest BCUT2D eigenvalue weighted by Gasteiger charge is 2.57. The second-order valence-electron chi connectivity index (χ2n) is 18.3. The van der Waals surface area contributed by atoms with Gasteiger partial charge in [-0.15, -0.1) is 0 Å². The Balaban J connectivity index is 1.28. The van der Waals surface area contributed by atoms with Gasteiger partial charge in [0.2, 0.25) is 11.8 Å². The number of hydrogen-bond acceptors (Lipinski definition) is 29. The molecule has 2 amide bonds. The van der Waals surface area contributed by atoms with Gasteiger partial charge in [-0.05, 0) is 13.8 Å². The first kappa shape index (κ1) is 58.1. The van der Waals surface area contributed by atoms with E-state index in [0.29, 0.717) is 0 Å². The lowest BCUT2D eigenvalue weighted by atomic mass is 9.93. The smallest absolute Gasteiger partial charge is 0.217 e. The van der Waals surface area contributed by atoms with E-state index in [-0.39, 0.29) is 0 Å². The van der Waals surface area contributed by atoms with Gasteiger partial charge in [-0.25, -0.2) is 0 Å². The van der Waals surface area contributed by atoms with Crippen LogP contribution in [-0.4, -0.2) is 304 Å². The molecule has 0 aromatic carbocycles. The summed E-state index contributed by atoms with van der Waals surface area (Å²) in [7, 11) is 0. The van der Waals surface area contributed by atoms with Gasteiger partial charge in [-0.2, -0.15) is 0 Å². The zero-order valence-electron chi connectivity index (χ0n) is 38.6. The van der Waals surface area contributed by atoms with Crippen LogP contribution >= 0.6 is 0 Å². The van der Waals surface area contributed by atoms with Crippen LogP contribution in [0, 0.1) is 0 Å². The first-order chi connectivity index (χ1) is 33.4. The summed E-state index contributed by atoms with van der Waals surface area (Å²) in [6, 6.07) is -3.47. The molecular formula is C40H68N2O29. The number of aliphatic hydroxyl groups excluding tert-OH is 16. The second kappa shape index (κ2) is 24.7. The molecule has 0 aromatic heterocycles. The summed E-state index contributed by atoms with van der Waals surface area (Å²) in [5, 5.41) is 175. The summed E-state index contributed by atoms with van der Waals surface area (Å²) in [6.07, 6.45) is -49.8. The molecule has 0 spiro atoms. The Labute approximate surface area is 403 Å². The van der Waals surface area contributed by atoms with Gasteiger partial charge in [0.1, 0.15) is 134 Å². The lowest BCUT2D eigenvalue weighted by Crippen LogP contribution is -2.71. The van der Waals surface area contributed by atoms with E-state index in [1.165, 1.54) is 13.8 Å². The van der Waals surface area contributed by atoms with Crippen LogP contribution in [0.2, 0.25) is 0 Å². The SMILES string of the molecule is CC(=O)N[C@@H]1[C@@H](O[C@@H]2O[C@@H](C)[C@@H](O)[C@@H](O)[C@@H]2O)[C@H](O[C@@H]2O[C@H](CO)[C@@H](O[C@H]3O[C@H](CO[C@@H]4O[C@H](CO)[C@@H](O)[C@H](O)[C@@H]4O)[C@@H](O)[C@H](O)[C@@H]3O)[C@H](O)[C@H]2NC(C)=O)[C@@H](CO[C@H]2O[C@@H](C)[C@@H](O)[C@@H](O)[C@@H]2O)O[C@H]1O. The molecule has 31 nitrogen and oxygen atoms in total. The molecule has 0 aliphatic carbocycles. The number of aliphatic hydroxyl groups is 16. The predicted molar refractivity (Wildman–Crippen MR) is 220 cm³/mol. The molecule has 412 valence electrons. The number of rotatable bonds is 16. The number of carbonyl (C=O) groups excluding carboxylic acids is 2. The Hall–Kier alpha value is -2.14. The first-order valence-electron chi connectivity index (χ1n) is 22.8. The van der Waals surface area contributed by atoms with Crippen molar-refractivity contribution in [3.05, 3.63) is 0 Å². The normalized spacial score (nSPS) is 50.8. The molecule has 6 fully saturated rings. The quantitative estimate of drug-likeness (QED) is 0.0682. The Kier molecular flexibility index (Phi) is 20.2. The lowest BCUT2D eigenvalue weighted by Gasteiger charge is -2.51. The number of amides is 2. The van der Waals surface area contributed by atoms with Crippen LogP contribution in [0.3, 0.4) is 0 Å². The van der Waals surface area contributed by atoms with Crippen LogP contribution < -0.4 is 10.6 Å². The number of nitrogens with one attached hydrogen (secondary N) is 2. The zero-order chi connectivity index (χ0) is 52.5. The van der Waals surface area contributed by atoms with Crippen LogP contribution in [0.5, 0.6) is 0 Å². The molecule has 6 aliphatic rings. The van der Waals surface area contributed by atoms with Crippen LogP contribution in [0.25, 0.3) is 0 Å². The predicted octanol–water partition coefficient (Wildman–Crippen LogP) is -11.8. The Morgan fingerprint density at radius 2 is 0.789 bits per heavy atom. The fourth-order valence-electron chi connectivity index (χ4n) is 9.00. The van der Waals surface area contributed by atoms with Gasteiger partial charge in [-0.3, -0.25) is 9.59 Å². The van der Waals surface area contributed by atoms with Crippen molar-refractivity contribution in [3.63, 3.8) is 0 Å². The van der Waals surface area contributed by atoms with Crippen LogP contribution in [0.1, 0.15) is 27.7 Å². The third-order valence-electron chi connectivity index (χ3n) is 13.1. The van der Waals surface area contributed by atoms with Crippen molar-refractivity contribution in [3.8, 4) is 0 Å². The van der Waals surface area contributed by atoms with Crippen molar-refractivity contribution in [2.24, 2.45) is 0 Å². The maximum absolute atomic E-state index is 12.8. The van der Waals surface area contributed by atoms with Gasteiger partial charge in [0, 0.05) is 13.8 Å². The number of carbonyl (C=O) groups is 2. The van der Waals surface area contributed by atoms with Crippen molar-refractivity contribution in [2.75, 3.05) is 26.4 Å². The molecule has 31 heteroatoms.